The largest absolute Gasteiger partial charge is 0.481 e. The van der Waals surface area contributed by atoms with E-state index in [1.807, 2.05) is 18.2 Å². The van der Waals surface area contributed by atoms with Gasteiger partial charge < -0.3 is 9.67 Å². The van der Waals surface area contributed by atoms with E-state index in [2.05, 4.69) is 41.8 Å². The normalized spacial score (nSPS) is 17.0. The second-order valence-corrected chi connectivity index (χ2v) is 6.55. The van der Waals surface area contributed by atoms with Crippen LogP contribution in [0.25, 0.3) is 22.0 Å². The van der Waals surface area contributed by atoms with Gasteiger partial charge in [0.15, 0.2) is 0 Å². The second kappa shape index (κ2) is 5.82. The summed E-state index contributed by atoms with van der Waals surface area (Å²) in [4.78, 5) is 11.5. The van der Waals surface area contributed by atoms with Gasteiger partial charge >= 0.3 is 5.97 Å². The van der Waals surface area contributed by atoms with Crippen LogP contribution < -0.4 is 0 Å². The molecule has 1 unspecified atom stereocenters. The van der Waals surface area contributed by atoms with E-state index >= 15 is 0 Å². The summed E-state index contributed by atoms with van der Waals surface area (Å²) in [5.74, 6) is -0.925. The second-order valence-electron chi connectivity index (χ2n) is 6.55. The van der Waals surface area contributed by atoms with Crippen LogP contribution in [0, 0.1) is 5.92 Å². The molecule has 1 heterocycles. The van der Waals surface area contributed by atoms with Crippen molar-refractivity contribution in [3.8, 4) is 11.1 Å². The van der Waals surface area contributed by atoms with E-state index in [4.69, 9.17) is 0 Å². The number of aromatic nitrogens is 1. The average Bonchev–Trinajstić information content (AvgIpc) is 2.94. The quantitative estimate of drug-likeness (QED) is 0.771. The zero-order valence-electron chi connectivity index (χ0n) is 13.8. The topological polar surface area (TPSA) is 42.2 Å². The van der Waals surface area contributed by atoms with Crippen LogP contribution in [0.2, 0.25) is 0 Å². The zero-order chi connectivity index (χ0) is 16.7. The van der Waals surface area contributed by atoms with Gasteiger partial charge in [-0.1, -0.05) is 36.4 Å². The van der Waals surface area contributed by atoms with E-state index in [1.54, 1.807) is 0 Å². The number of rotatable bonds is 3. The fraction of sp³-hybridized carbons (Fsp3) is 0.286. The molecule has 0 bridgehead atoms. The Kier molecular flexibility index (Phi) is 3.64. The van der Waals surface area contributed by atoms with Crippen molar-refractivity contribution in [2.45, 2.75) is 32.7 Å². The fourth-order valence-corrected chi connectivity index (χ4v) is 4.03. The molecule has 1 N–H and O–H groups in total. The van der Waals surface area contributed by atoms with E-state index in [0.29, 0.717) is 6.42 Å². The predicted octanol–water partition coefficient (Wildman–Crippen LogP) is 4.52. The highest BCUT2D eigenvalue weighted by Gasteiger charge is 2.28. The first-order valence-corrected chi connectivity index (χ1v) is 8.61. The Bertz CT molecular complexity index is 908. The number of benzene rings is 2. The van der Waals surface area contributed by atoms with Gasteiger partial charge in [-0.15, -0.1) is 0 Å². The molecule has 0 saturated carbocycles. The molecule has 4 rings (SSSR count). The van der Waals surface area contributed by atoms with Crippen molar-refractivity contribution < 1.29 is 9.90 Å². The number of carboxylic acid groups (broad SMARTS) is 1. The number of nitrogens with zero attached hydrogens (tertiary/aromatic N) is 1. The lowest BCUT2D eigenvalue weighted by atomic mass is 9.86. The number of carboxylic acids is 1. The number of aryl methyl sites for hydroxylation is 1. The van der Waals surface area contributed by atoms with Gasteiger partial charge in [0.2, 0.25) is 0 Å². The molecule has 0 spiro atoms. The molecule has 2 aromatic carbocycles. The molecule has 1 aliphatic carbocycles. The Morgan fingerprint density at radius 2 is 1.96 bits per heavy atom. The summed E-state index contributed by atoms with van der Waals surface area (Å²) in [6.45, 7) is 3.09. The highest BCUT2D eigenvalue weighted by atomic mass is 16.4. The number of fused-ring (bicyclic) bond motifs is 3. The summed E-state index contributed by atoms with van der Waals surface area (Å²) < 4.78 is 2.36. The molecule has 1 aromatic heterocycles. The maximum atomic E-state index is 11.5. The van der Waals surface area contributed by atoms with E-state index in [-0.39, 0.29) is 5.92 Å². The van der Waals surface area contributed by atoms with Crippen molar-refractivity contribution in [1.29, 1.82) is 0 Å². The lowest BCUT2D eigenvalue weighted by Gasteiger charge is -2.20. The third-order valence-electron chi connectivity index (χ3n) is 5.24. The van der Waals surface area contributed by atoms with Crippen molar-refractivity contribution in [2.24, 2.45) is 5.92 Å². The van der Waals surface area contributed by atoms with Crippen LogP contribution in [0.5, 0.6) is 0 Å². The summed E-state index contributed by atoms with van der Waals surface area (Å²) in [6, 6.07) is 16.9. The summed E-state index contributed by atoms with van der Waals surface area (Å²) in [5, 5.41) is 10.6. The third kappa shape index (κ3) is 2.32. The number of hydrogen-bond acceptors (Lipinski definition) is 1. The van der Waals surface area contributed by atoms with E-state index in [1.165, 1.54) is 33.3 Å². The summed E-state index contributed by atoms with van der Waals surface area (Å²) >= 11 is 0. The minimum absolute atomic E-state index is 0.256. The Morgan fingerprint density at radius 1 is 1.17 bits per heavy atom. The molecule has 1 atom stereocenters. The lowest BCUT2D eigenvalue weighted by molar-refractivity contribution is -0.142. The molecule has 3 heteroatoms. The van der Waals surface area contributed by atoms with Crippen molar-refractivity contribution in [1.82, 2.24) is 4.57 Å². The van der Waals surface area contributed by atoms with Gasteiger partial charge in [0, 0.05) is 23.1 Å². The highest BCUT2D eigenvalue weighted by Crippen LogP contribution is 2.36. The van der Waals surface area contributed by atoms with Crippen LogP contribution in [0.15, 0.2) is 48.5 Å². The van der Waals surface area contributed by atoms with Crippen molar-refractivity contribution >= 4 is 16.9 Å². The maximum absolute atomic E-state index is 11.5. The highest BCUT2D eigenvalue weighted by molar-refractivity contribution is 5.90. The smallest absolute Gasteiger partial charge is 0.306 e. The van der Waals surface area contributed by atoms with Crippen LogP contribution in [0.1, 0.15) is 24.6 Å². The number of aliphatic carboxylic acids is 1. The molecular formula is C21H21NO2. The van der Waals surface area contributed by atoms with Crippen molar-refractivity contribution in [3.63, 3.8) is 0 Å². The van der Waals surface area contributed by atoms with Gasteiger partial charge in [-0.05, 0) is 55.0 Å². The summed E-state index contributed by atoms with van der Waals surface area (Å²) in [6.07, 6.45) is 2.24. The third-order valence-corrected chi connectivity index (χ3v) is 5.24. The summed E-state index contributed by atoms with van der Waals surface area (Å²) in [5.41, 5.74) is 6.19. The summed E-state index contributed by atoms with van der Waals surface area (Å²) in [7, 11) is 0. The van der Waals surface area contributed by atoms with Gasteiger partial charge in [0.1, 0.15) is 0 Å². The monoisotopic (exact) mass is 319 g/mol. The van der Waals surface area contributed by atoms with E-state index in [0.717, 1.165) is 19.4 Å². The average molecular weight is 319 g/mol. The van der Waals surface area contributed by atoms with Gasteiger partial charge in [0.25, 0.3) is 0 Å². The van der Waals surface area contributed by atoms with Crippen LogP contribution in [0.4, 0.5) is 0 Å². The van der Waals surface area contributed by atoms with Crippen LogP contribution in [-0.2, 0) is 24.2 Å². The molecule has 24 heavy (non-hydrogen) atoms. The van der Waals surface area contributed by atoms with Crippen LogP contribution in [-0.4, -0.2) is 15.6 Å². The molecule has 3 aromatic rings. The van der Waals surface area contributed by atoms with Crippen LogP contribution >= 0.6 is 0 Å². The molecule has 3 nitrogen and oxygen atoms in total. The van der Waals surface area contributed by atoms with Crippen LogP contribution in [0.3, 0.4) is 0 Å². The molecule has 0 fully saturated rings. The first-order chi connectivity index (χ1) is 11.7. The van der Waals surface area contributed by atoms with Crippen molar-refractivity contribution in [2.75, 3.05) is 0 Å². The van der Waals surface area contributed by atoms with Gasteiger partial charge in [-0.3, -0.25) is 4.79 Å². The van der Waals surface area contributed by atoms with E-state index < -0.39 is 5.97 Å². The maximum Gasteiger partial charge on any atom is 0.306 e. The molecule has 0 amide bonds. The molecule has 0 saturated heterocycles. The van der Waals surface area contributed by atoms with Gasteiger partial charge in [0.05, 0.1) is 5.92 Å². The lowest BCUT2D eigenvalue weighted by Crippen LogP contribution is -2.22. The molecule has 122 valence electrons. The minimum Gasteiger partial charge on any atom is -0.481 e. The zero-order valence-corrected chi connectivity index (χ0v) is 13.8. The Labute approximate surface area is 141 Å². The number of carbonyl (C=O) groups is 1. The Hall–Kier alpha value is -2.55. The standard InChI is InChI=1S/C21H21NO2/c1-2-22-19-10-8-15(14-6-4-3-5-7-14)12-17(19)18-13-16(21(23)24)9-11-20(18)22/h3-8,10,12,16H,2,9,11,13H2,1H3,(H,23,24). The van der Waals surface area contributed by atoms with Gasteiger partial charge in [-0.25, -0.2) is 0 Å². The first-order valence-electron chi connectivity index (χ1n) is 8.61. The van der Waals surface area contributed by atoms with E-state index in [9.17, 15) is 9.90 Å². The first kappa shape index (κ1) is 15.0. The SMILES string of the molecule is CCn1c2c(c3cc(-c4ccccc4)ccc31)CC(C(=O)O)CC2. The molecule has 0 aliphatic heterocycles. The molecule has 0 radical (unpaired) electrons. The predicted molar refractivity (Wildman–Crippen MR) is 96.2 cm³/mol. The fourth-order valence-electron chi connectivity index (χ4n) is 4.03. The van der Waals surface area contributed by atoms with Crippen molar-refractivity contribution in [3.05, 3.63) is 59.8 Å². The Morgan fingerprint density at radius 3 is 2.67 bits per heavy atom. The number of hydrogen-bond donors (Lipinski definition) is 1. The molecular weight excluding hydrogens is 298 g/mol. The van der Waals surface area contributed by atoms with Gasteiger partial charge in [-0.2, -0.15) is 0 Å². The molecule has 1 aliphatic rings. The Balaban J connectivity index is 1.90. The minimum atomic E-state index is -0.669.